The van der Waals surface area contributed by atoms with Gasteiger partial charge >= 0.3 is 0 Å². The predicted molar refractivity (Wildman–Crippen MR) is 94.1 cm³/mol. The van der Waals surface area contributed by atoms with Crippen LogP contribution in [0.15, 0.2) is 59.5 Å². The number of nitrogens with one attached hydrogen (secondary N) is 1. The van der Waals surface area contributed by atoms with Crippen molar-refractivity contribution in [3.8, 4) is 0 Å². The third-order valence-corrected chi connectivity index (χ3v) is 4.31. The summed E-state index contributed by atoms with van der Waals surface area (Å²) in [5, 5.41) is 2.02. The fourth-order valence-electron chi connectivity index (χ4n) is 2.21. The number of hydrogen-bond acceptors (Lipinski definition) is 4. The Bertz CT molecular complexity index is 850. The second-order valence-electron chi connectivity index (χ2n) is 5.23. The first-order chi connectivity index (χ1) is 12.0. The second-order valence-corrected chi connectivity index (χ2v) is 6.23. The first-order valence-corrected chi connectivity index (χ1v) is 8.20. The standard InChI is InChI=1S/C18H13FN2O3S/c19-13-6-8-14(9-7-13)20-16(22)11-21-17(23)15(25-18(21)24)10-12-4-2-1-3-5-12/h1-10H,11H2,(H,20,22)/b15-10-. The fourth-order valence-corrected chi connectivity index (χ4v) is 3.05. The number of anilines is 1. The van der Waals surface area contributed by atoms with Gasteiger partial charge < -0.3 is 5.32 Å². The molecule has 0 saturated carbocycles. The molecule has 0 bridgehead atoms. The van der Waals surface area contributed by atoms with E-state index in [0.717, 1.165) is 22.2 Å². The van der Waals surface area contributed by atoms with Crippen molar-refractivity contribution in [2.24, 2.45) is 0 Å². The van der Waals surface area contributed by atoms with E-state index in [1.807, 2.05) is 30.3 Å². The third-order valence-electron chi connectivity index (χ3n) is 3.40. The lowest BCUT2D eigenvalue weighted by molar-refractivity contribution is -0.127. The van der Waals surface area contributed by atoms with Crippen LogP contribution in [0.5, 0.6) is 0 Å². The van der Waals surface area contributed by atoms with Crippen LogP contribution in [0.2, 0.25) is 0 Å². The Hall–Kier alpha value is -2.93. The molecule has 0 aromatic heterocycles. The van der Waals surface area contributed by atoms with E-state index in [4.69, 9.17) is 0 Å². The van der Waals surface area contributed by atoms with Crippen LogP contribution < -0.4 is 5.32 Å². The Morgan fingerprint density at radius 2 is 1.76 bits per heavy atom. The Kier molecular flexibility index (Phi) is 4.95. The van der Waals surface area contributed by atoms with E-state index in [1.54, 1.807) is 6.08 Å². The van der Waals surface area contributed by atoms with Gasteiger partial charge in [-0.05, 0) is 47.7 Å². The molecule has 7 heteroatoms. The number of imide groups is 1. The van der Waals surface area contributed by atoms with E-state index >= 15 is 0 Å². The largest absolute Gasteiger partial charge is 0.325 e. The summed E-state index contributed by atoms with van der Waals surface area (Å²) >= 11 is 0.796. The molecule has 1 heterocycles. The number of rotatable bonds is 4. The summed E-state index contributed by atoms with van der Waals surface area (Å²) in [7, 11) is 0. The van der Waals surface area contributed by atoms with Crippen LogP contribution in [-0.4, -0.2) is 28.5 Å². The zero-order valence-corrected chi connectivity index (χ0v) is 13.8. The Balaban J connectivity index is 1.67. The van der Waals surface area contributed by atoms with Crippen molar-refractivity contribution in [2.75, 3.05) is 11.9 Å². The first kappa shape index (κ1) is 16.9. The van der Waals surface area contributed by atoms with Gasteiger partial charge in [-0.1, -0.05) is 30.3 Å². The topological polar surface area (TPSA) is 66.5 Å². The number of carbonyl (C=O) groups is 3. The lowest BCUT2D eigenvalue weighted by atomic mass is 10.2. The van der Waals surface area contributed by atoms with Crippen molar-refractivity contribution in [3.05, 3.63) is 70.9 Å². The van der Waals surface area contributed by atoms with E-state index in [2.05, 4.69) is 5.32 Å². The summed E-state index contributed by atoms with van der Waals surface area (Å²) in [6, 6.07) is 14.3. The summed E-state index contributed by atoms with van der Waals surface area (Å²) in [6.45, 7) is -0.395. The minimum Gasteiger partial charge on any atom is -0.325 e. The Labute approximate surface area is 147 Å². The predicted octanol–water partition coefficient (Wildman–Crippen LogP) is 3.50. The van der Waals surface area contributed by atoms with Crippen LogP contribution in [0.25, 0.3) is 6.08 Å². The molecule has 2 aromatic carbocycles. The van der Waals surface area contributed by atoms with Crippen LogP contribution in [0.1, 0.15) is 5.56 Å². The van der Waals surface area contributed by atoms with Crippen LogP contribution in [-0.2, 0) is 9.59 Å². The Morgan fingerprint density at radius 1 is 1.08 bits per heavy atom. The average Bonchev–Trinajstić information content (AvgIpc) is 2.85. The van der Waals surface area contributed by atoms with Gasteiger partial charge in [-0.3, -0.25) is 19.3 Å². The molecule has 0 atom stereocenters. The molecular weight excluding hydrogens is 343 g/mol. The maximum atomic E-state index is 12.9. The molecule has 0 radical (unpaired) electrons. The molecule has 1 N–H and O–H groups in total. The molecule has 3 amide bonds. The molecule has 5 nitrogen and oxygen atoms in total. The minimum absolute atomic E-state index is 0.269. The molecule has 1 fully saturated rings. The number of nitrogens with zero attached hydrogens (tertiary/aromatic N) is 1. The van der Waals surface area contributed by atoms with Gasteiger partial charge in [-0.2, -0.15) is 0 Å². The number of benzene rings is 2. The summed E-state index contributed by atoms with van der Waals surface area (Å²) in [6.07, 6.45) is 1.61. The van der Waals surface area contributed by atoms with Gasteiger partial charge in [0.25, 0.3) is 11.1 Å². The first-order valence-electron chi connectivity index (χ1n) is 7.39. The molecule has 3 rings (SSSR count). The number of amides is 3. The highest BCUT2D eigenvalue weighted by Crippen LogP contribution is 2.32. The molecule has 25 heavy (non-hydrogen) atoms. The van der Waals surface area contributed by atoms with E-state index < -0.39 is 29.4 Å². The van der Waals surface area contributed by atoms with Gasteiger partial charge in [-0.15, -0.1) is 0 Å². The van der Waals surface area contributed by atoms with E-state index in [0.29, 0.717) is 5.69 Å². The van der Waals surface area contributed by atoms with Crippen LogP contribution in [0, 0.1) is 5.82 Å². The third kappa shape index (κ3) is 4.13. The zero-order valence-electron chi connectivity index (χ0n) is 12.9. The monoisotopic (exact) mass is 356 g/mol. The number of carbonyl (C=O) groups excluding carboxylic acids is 3. The quantitative estimate of drug-likeness (QED) is 0.852. The van der Waals surface area contributed by atoms with E-state index in [1.165, 1.54) is 24.3 Å². The van der Waals surface area contributed by atoms with Gasteiger partial charge in [0.1, 0.15) is 12.4 Å². The molecule has 2 aromatic rings. The van der Waals surface area contributed by atoms with Gasteiger partial charge in [0.15, 0.2) is 0 Å². The molecule has 126 valence electrons. The van der Waals surface area contributed by atoms with E-state index in [9.17, 15) is 18.8 Å². The lowest BCUT2D eigenvalue weighted by Gasteiger charge is -2.12. The van der Waals surface area contributed by atoms with Crippen LogP contribution in [0.4, 0.5) is 14.9 Å². The molecule has 1 saturated heterocycles. The summed E-state index contributed by atoms with van der Waals surface area (Å²) in [4.78, 5) is 37.5. The maximum Gasteiger partial charge on any atom is 0.294 e. The zero-order chi connectivity index (χ0) is 17.8. The van der Waals surface area contributed by atoms with Crippen molar-refractivity contribution >= 4 is 40.6 Å². The molecule has 0 aliphatic carbocycles. The second kappa shape index (κ2) is 7.31. The fraction of sp³-hybridized carbons (Fsp3) is 0.0556. The highest BCUT2D eigenvalue weighted by atomic mass is 32.2. The highest BCUT2D eigenvalue weighted by Gasteiger charge is 2.36. The average molecular weight is 356 g/mol. The van der Waals surface area contributed by atoms with Gasteiger partial charge in [0, 0.05) is 5.69 Å². The SMILES string of the molecule is O=C(CN1C(=O)S/C(=C\c2ccccc2)C1=O)Nc1ccc(F)cc1. The number of halogens is 1. The van der Waals surface area contributed by atoms with Crippen LogP contribution >= 0.6 is 11.8 Å². The van der Waals surface area contributed by atoms with Gasteiger partial charge in [0.05, 0.1) is 4.91 Å². The summed E-state index contributed by atoms with van der Waals surface area (Å²) in [5.74, 6) is -1.46. The van der Waals surface area contributed by atoms with Crippen molar-refractivity contribution in [1.29, 1.82) is 0 Å². The van der Waals surface area contributed by atoms with Crippen molar-refractivity contribution in [2.45, 2.75) is 0 Å². The molecule has 0 unspecified atom stereocenters. The number of thioether (sulfide) groups is 1. The maximum absolute atomic E-state index is 12.9. The van der Waals surface area contributed by atoms with Crippen molar-refractivity contribution in [3.63, 3.8) is 0 Å². The summed E-state index contributed by atoms with van der Waals surface area (Å²) in [5.41, 5.74) is 1.18. The van der Waals surface area contributed by atoms with Gasteiger partial charge in [-0.25, -0.2) is 4.39 Å². The van der Waals surface area contributed by atoms with Crippen molar-refractivity contribution < 1.29 is 18.8 Å². The normalized spacial score (nSPS) is 15.7. The molecular formula is C18H13FN2O3S. The molecule has 0 spiro atoms. The number of hydrogen-bond donors (Lipinski definition) is 1. The molecule has 1 aliphatic rings. The Morgan fingerprint density at radius 3 is 2.44 bits per heavy atom. The molecule has 1 aliphatic heterocycles. The minimum atomic E-state index is -0.533. The van der Waals surface area contributed by atoms with Crippen LogP contribution in [0.3, 0.4) is 0 Å². The summed E-state index contributed by atoms with van der Waals surface area (Å²) < 4.78 is 12.9. The smallest absolute Gasteiger partial charge is 0.294 e. The van der Waals surface area contributed by atoms with E-state index in [-0.39, 0.29) is 4.91 Å². The highest BCUT2D eigenvalue weighted by molar-refractivity contribution is 8.18. The lowest BCUT2D eigenvalue weighted by Crippen LogP contribution is -2.36. The van der Waals surface area contributed by atoms with Crippen molar-refractivity contribution in [1.82, 2.24) is 4.90 Å². The van der Waals surface area contributed by atoms with Gasteiger partial charge in [0.2, 0.25) is 5.91 Å².